The average Bonchev–Trinajstić information content (AvgIpc) is 2.64. The molecule has 1 saturated heterocycles. The predicted molar refractivity (Wildman–Crippen MR) is 73.7 cm³/mol. The molecule has 2 aliphatic rings. The number of aryl methyl sites for hydroxylation is 1. The van der Waals surface area contributed by atoms with Crippen LogP contribution in [-0.4, -0.2) is 41.9 Å². The van der Waals surface area contributed by atoms with Gasteiger partial charge in [0.2, 0.25) is 0 Å². The summed E-state index contributed by atoms with van der Waals surface area (Å²) >= 11 is 0. The van der Waals surface area contributed by atoms with Crippen LogP contribution in [0, 0.1) is 6.92 Å². The van der Waals surface area contributed by atoms with Crippen molar-refractivity contribution in [1.29, 1.82) is 0 Å². The summed E-state index contributed by atoms with van der Waals surface area (Å²) in [4.78, 5) is 16.4. The van der Waals surface area contributed by atoms with E-state index in [0.717, 1.165) is 25.2 Å². The van der Waals surface area contributed by atoms with E-state index in [1.807, 2.05) is 30.9 Å². The van der Waals surface area contributed by atoms with Crippen LogP contribution in [0.15, 0.2) is 18.2 Å². The van der Waals surface area contributed by atoms with Crippen LogP contribution in [0.5, 0.6) is 0 Å². The van der Waals surface area contributed by atoms with Crippen LogP contribution in [-0.2, 0) is 6.54 Å². The van der Waals surface area contributed by atoms with Crippen LogP contribution in [0.1, 0.15) is 35.3 Å². The summed E-state index contributed by atoms with van der Waals surface area (Å²) in [5.74, 6) is 0.216. The molecule has 0 aromatic heterocycles. The number of carbonyl (C=O) groups excluding carboxylic acids is 1. The summed E-state index contributed by atoms with van der Waals surface area (Å²) in [6, 6.07) is 6.54. The molecule has 0 radical (unpaired) electrons. The number of nitrogens with zero attached hydrogens (tertiary/aromatic N) is 2. The van der Waals surface area contributed by atoms with Crippen LogP contribution in [0.3, 0.4) is 0 Å². The standard InChI is InChI=1S/C13H16N2O.C2H6/c1-9-3-4-12-10(5-9)6-15(13(12)16)11-7-14(2)8-11;1-2/h3-5,11H,6-8H2,1-2H3;1-2H3. The van der Waals surface area contributed by atoms with Crippen LogP contribution >= 0.6 is 0 Å². The van der Waals surface area contributed by atoms with E-state index >= 15 is 0 Å². The number of likely N-dealkylation sites (N-methyl/N-ethyl adjacent to an activating group) is 1. The molecule has 1 aromatic carbocycles. The van der Waals surface area contributed by atoms with Gasteiger partial charge in [-0.25, -0.2) is 0 Å². The monoisotopic (exact) mass is 246 g/mol. The molecule has 3 nitrogen and oxygen atoms in total. The highest BCUT2D eigenvalue weighted by atomic mass is 16.2. The Balaban J connectivity index is 0.000000574. The van der Waals surface area contributed by atoms with Gasteiger partial charge >= 0.3 is 0 Å². The Kier molecular flexibility index (Phi) is 3.71. The highest BCUT2D eigenvalue weighted by Gasteiger charge is 2.37. The van der Waals surface area contributed by atoms with Gasteiger partial charge in [-0.15, -0.1) is 0 Å². The van der Waals surface area contributed by atoms with E-state index in [1.165, 1.54) is 11.1 Å². The highest BCUT2D eigenvalue weighted by Crippen LogP contribution is 2.28. The van der Waals surface area contributed by atoms with E-state index in [4.69, 9.17) is 0 Å². The number of fused-ring (bicyclic) bond motifs is 1. The van der Waals surface area contributed by atoms with E-state index in [9.17, 15) is 4.79 Å². The lowest BCUT2D eigenvalue weighted by atomic mass is 10.1. The van der Waals surface area contributed by atoms with E-state index < -0.39 is 0 Å². The summed E-state index contributed by atoms with van der Waals surface area (Å²) in [6.07, 6.45) is 0. The van der Waals surface area contributed by atoms with Gasteiger partial charge in [0.05, 0.1) is 6.04 Å². The Morgan fingerprint density at radius 2 is 1.89 bits per heavy atom. The van der Waals surface area contributed by atoms with Crippen LogP contribution in [0.25, 0.3) is 0 Å². The normalized spacial score (nSPS) is 19.1. The Morgan fingerprint density at radius 1 is 1.22 bits per heavy atom. The highest BCUT2D eigenvalue weighted by molar-refractivity contribution is 5.98. The van der Waals surface area contributed by atoms with Gasteiger partial charge in [0.15, 0.2) is 0 Å². The number of rotatable bonds is 1. The lowest BCUT2D eigenvalue weighted by molar-refractivity contribution is 0.0386. The largest absolute Gasteiger partial charge is 0.329 e. The lowest BCUT2D eigenvalue weighted by Crippen LogP contribution is -2.57. The summed E-state index contributed by atoms with van der Waals surface area (Å²) in [6.45, 7) is 8.90. The number of carbonyl (C=O) groups is 1. The molecule has 98 valence electrons. The maximum atomic E-state index is 12.2. The maximum absolute atomic E-state index is 12.2. The molecular weight excluding hydrogens is 224 g/mol. The molecule has 0 N–H and O–H groups in total. The smallest absolute Gasteiger partial charge is 0.254 e. The Labute approximate surface area is 109 Å². The number of amides is 1. The zero-order valence-corrected chi connectivity index (χ0v) is 11.7. The predicted octanol–water partition coefficient (Wildman–Crippen LogP) is 2.29. The third kappa shape index (κ3) is 2.15. The fourth-order valence-electron chi connectivity index (χ4n) is 2.63. The minimum absolute atomic E-state index is 0.216. The van der Waals surface area contributed by atoms with Gasteiger partial charge in [0.25, 0.3) is 5.91 Å². The SMILES string of the molecule is CC.Cc1ccc2c(c1)CN(C1CN(C)C1)C2=O. The van der Waals surface area contributed by atoms with Crippen molar-refractivity contribution < 1.29 is 4.79 Å². The molecule has 1 fully saturated rings. The van der Waals surface area contributed by atoms with Crippen molar-refractivity contribution in [2.45, 2.75) is 33.4 Å². The zero-order chi connectivity index (χ0) is 13.3. The Morgan fingerprint density at radius 3 is 2.50 bits per heavy atom. The first-order valence-electron chi connectivity index (χ1n) is 6.74. The lowest BCUT2D eigenvalue weighted by Gasteiger charge is -2.41. The van der Waals surface area contributed by atoms with Gasteiger partial charge in [-0.3, -0.25) is 4.79 Å². The quantitative estimate of drug-likeness (QED) is 0.759. The fourth-order valence-corrected chi connectivity index (χ4v) is 2.63. The van der Waals surface area contributed by atoms with Crippen molar-refractivity contribution in [1.82, 2.24) is 9.80 Å². The van der Waals surface area contributed by atoms with Crippen LogP contribution < -0.4 is 0 Å². The molecule has 0 aliphatic carbocycles. The van der Waals surface area contributed by atoms with Gasteiger partial charge in [-0.1, -0.05) is 31.5 Å². The molecule has 2 aliphatic heterocycles. The molecule has 0 spiro atoms. The third-order valence-corrected chi connectivity index (χ3v) is 3.58. The van der Waals surface area contributed by atoms with E-state index in [-0.39, 0.29) is 5.91 Å². The summed E-state index contributed by atoms with van der Waals surface area (Å²) in [5, 5.41) is 0. The molecule has 2 heterocycles. The fraction of sp³-hybridized carbons (Fsp3) is 0.533. The Bertz CT molecular complexity index is 450. The molecule has 3 heteroatoms. The second-order valence-corrected chi connectivity index (χ2v) is 4.97. The van der Waals surface area contributed by atoms with Crippen LogP contribution in [0.2, 0.25) is 0 Å². The van der Waals surface area contributed by atoms with Gasteiger partial charge in [-0.05, 0) is 25.6 Å². The minimum atomic E-state index is 0.216. The molecule has 0 unspecified atom stereocenters. The number of hydrogen-bond acceptors (Lipinski definition) is 2. The molecule has 3 rings (SSSR count). The van der Waals surface area contributed by atoms with E-state index in [0.29, 0.717) is 6.04 Å². The topological polar surface area (TPSA) is 23.6 Å². The maximum Gasteiger partial charge on any atom is 0.254 e. The van der Waals surface area contributed by atoms with Gasteiger partial charge < -0.3 is 9.80 Å². The molecule has 1 aromatic rings. The van der Waals surface area contributed by atoms with Crippen molar-refractivity contribution >= 4 is 5.91 Å². The number of likely N-dealkylation sites (tertiary alicyclic amines) is 1. The van der Waals surface area contributed by atoms with E-state index in [1.54, 1.807) is 0 Å². The second kappa shape index (κ2) is 5.11. The van der Waals surface area contributed by atoms with Crippen molar-refractivity contribution in [2.24, 2.45) is 0 Å². The zero-order valence-electron chi connectivity index (χ0n) is 11.7. The second-order valence-electron chi connectivity index (χ2n) is 4.97. The average molecular weight is 246 g/mol. The summed E-state index contributed by atoms with van der Waals surface area (Å²) in [7, 11) is 2.09. The Hall–Kier alpha value is -1.35. The molecule has 18 heavy (non-hydrogen) atoms. The minimum Gasteiger partial charge on any atom is -0.329 e. The van der Waals surface area contributed by atoms with Crippen molar-refractivity contribution in [3.8, 4) is 0 Å². The van der Waals surface area contributed by atoms with E-state index in [2.05, 4.69) is 24.9 Å². The molecular formula is C15H22N2O. The van der Waals surface area contributed by atoms with Gasteiger partial charge in [-0.2, -0.15) is 0 Å². The van der Waals surface area contributed by atoms with Crippen molar-refractivity contribution in [3.05, 3.63) is 34.9 Å². The number of hydrogen-bond donors (Lipinski definition) is 0. The molecule has 0 saturated carbocycles. The summed E-state index contributed by atoms with van der Waals surface area (Å²) in [5.41, 5.74) is 3.33. The third-order valence-electron chi connectivity index (χ3n) is 3.58. The molecule has 0 atom stereocenters. The number of benzene rings is 1. The van der Waals surface area contributed by atoms with Crippen molar-refractivity contribution in [3.63, 3.8) is 0 Å². The molecule has 1 amide bonds. The van der Waals surface area contributed by atoms with Crippen molar-refractivity contribution in [2.75, 3.05) is 20.1 Å². The first-order valence-corrected chi connectivity index (χ1v) is 6.74. The first-order chi connectivity index (χ1) is 8.65. The van der Waals surface area contributed by atoms with Gasteiger partial charge in [0.1, 0.15) is 0 Å². The summed E-state index contributed by atoms with van der Waals surface area (Å²) < 4.78 is 0. The first kappa shape index (κ1) is 13.1. The van der Waals surface area contributed by atoms with Crippen LogP contribution in [0.4, 0.5) is 0 Å². The molecule has 0 bridgehead atoms. The van der Waals surface area contributed by atoms with Gasteiger partial charge in [0, 0.05) is 25.2 Å².